The summed E-state index contributed by atoms with van der Waals surface area (Å²) in [5, 5.41) is 1.82. The Morgan fingerprint density at radius 2 is 1.59 bits per heavy atom. The summed E-state index contributed by atoms with van der Waals surface area (Å²) in [7, 11) is 0. The first kappa shape index (κ1) is 18.2. The number of aliphatic imine (C=N–C) groups is 1. The zero-order chi connectivity index (χ0) is 18.8. The Morgan fingerprint density at radius 3 is 2.33 bits per heavy atom. The monoisotopic (exact) mass is 395 g/mol. The molecule has 2 heterocycles. The highest BCUT2D eigenvalue weighted by Crippen LogP contribution is 2.50. The van der Waals surface area contributed by atoms with Gasteiger partial charge in [-0.25, -0.2) is 0 Å². The van der Waals surface area contributed by atoms with E-state index in [2.05, 4.69) is 36.1 Å². The maximum atomic E-state index is 13.1. The first-order valence-electron chi connectivity index (χ1n) is 9.09. The fourth-order valence-electron chi connectivity index (χ4n) is 3.19. The molecule has 0 saturated carbocycles. The second-order valence-electron chi connectivity index (χ2n) is 6.18. The highest BCUT2D eigenvalue weighted by atomic mass is 32.2. The number of anilines is 1. The maximum absolute atomic E-state index is 13.1. The Morgan fingerprint density at radius 1 is 0.889 bits per heavy atom. The molecule has 0 radical (unpaired) electrons. The lowest BCUT2D eigenvalue weighted by atomic mass is 10.2. The van der Waals surface area contributed by atoms with Gasteiger partial charge in [0.05, 0.1) is 12.2 Å². The van der Waals surface area contributed by atoms with Crippen LogP contribution in [-0.2, 0) is 11.3 Å². The van der Waals surface area contributed by atoms with Crippen molar-refractivity contribution in [2.24, 2.45) is 4.99 Å². The van der Waals surface area contributed by atoms with Crippen molar-refractivity contribution < 1.29 is 4.79 Å². The molecular formula is C21H21N3OS2. The SMILES string of the molecule is CCN1C(=O)C(=C2Sc3ccccc3N2CC)SC1=NCc1ccccc1. The average Bonchev–Trinajstić information content (AvgIpc) is 3.23. The molecule has 1 saturated heterocycles. The number of rotatable bonds is 4. The number of carbonyl (C=O) groups is 1. The number of likely N-dealkylation sites (N-methyl/N-ethyl adjacent to an activating group) is 1. The molecule has 27 heavy (non-hydrogen) atoms. The predicted molar refractivity (Wildman–Crippen MR) is 115 cm³/mol. The average molecular weight is 396 g/mol. The van der Waals surface area contributed by atoms with Crippen LogP contribution in [0, 0.1) is 0 Å². The predicted octanol–water partition coefficient (Wildman–Crippen LogP) is 4.94. The van der Waals surface area contributed by atoms with E-state index in [-0.39, 0.29) is 5.91 Å². The van der Waals surface area contributed by atoms with E-state index in [0.717, 1.165) is 27.2 Å². The minimum atomic E-state index is 0.0584. The van der Waals surface area contributed by atoms with Gasteiger partial charge >= 0.3 is 0 Å². The number of amidine groups is 1. The molecule has 0 aliphatic carbocycles. The summed E-state index contributed by atoms with van der Waals surface area (Å²) in [5.41, 5.74) is 2.33. The molecule has 138 valence electrons. The largest absolute Gasteiger partial charge is 0.334 e. The van der Waals surface area contributed by atoms with Crippen LogP contribution >= 0.6 is 23.5 Å². The van der Waals surface area contributed by atoms with Crippen LogP contribution in [0.15, 0.2) is 74.4 Å². The number of fused-ring (bicyclic) bond motifs is 1. The summed E-state index contributed by atoms with van der Waals surface area (Å²) in [6.45, 7) is 6.16. The van der Waals surface area contributed by atoms with Gasteiger partial charge in [0.15, 0.2) is 5.17 Å². The van der Waals surface area contributed by atoms with Crippen molar-refractivity contribution in [1.82, 2.24) is 4.90 Å². The number of hydrogen-bond donors (Lipinski definition) is 0. The van der Waals surface area contributed by atoms with Gasteiger partial charge in [-0.05, 0) is 43.3 Å². The summed E-state index contributed by atoms with van der Waals surface area (Å²) in [6, 6.07) is 18.5. The first-order valence-corrected chi connectivity index (χ1v) is 10.7. The molecular weight excluding hydrogens is 374 g/mol. The van der Waals surface area contributed by atoms with Gasteiger partial charge in [0.2, 0.25) is 0 Å². The van der Waals surface area contributed by atoms with Crippen LogP contribution in [0.5, 0.6) is 0 Å². The Balaban J connectivity index is 1.66. The van der Waals surface area contributed by atoms with Crippen LogP contribution in [-0.4, -0.2) is 29.1 Å². The quantitative estimate of drug-likeness (QED) is 0.687. The number of amides is 1. The first-order chi connectivity index (χ1) is 13.2. The van der Waals surface area contributed by atoms with Gasteiger partial charge in [0, 0.05) is 18.0 Å². The van der Waals surface area contributed by atoms with Gasteiger partial charge in [-0.1, -0.05) is 54.2 Å². The minimum Gasteiger partial charge on any atom is -0.334 e. The van der Waals surface area contributed by atoms with Gasteiger partial charge in [-0.15, -0.1) is 0 Å². The van der Waals surface area contributed by atoms with Crippen molar-refractivity contribution in [1.29, 1.82) is 0 Å². The third kappa shape index (κ3) is 3.39. The Labute approximate surface area is 168 Å². The summed E-state index contributed by atoms with van der Waals surface area (Å²) in [6.07, 6.45) is 0. The van der Waals surface area contributed by atoms with Crippen molar-refractivity contribution in [3.63, 3.8) is 0 Å². The van der Waals surface area contributed by atoms with E-state index < -0.39 is 0 Å². The Hall–Kier alpha value is -2.18. The number of para-hydroxylation sites is 1. The minimum absolute atomic E-state index is 0.0584. The molecule has 0 bridgehead atoms. The van der Waals surface area contributed by atoms with Crippen molar-refractivity contribution in [3.05, 3.63) is 70.1 Å². The van der Waals surface area contributed by atoms with Crippen LogP contribution in [0.4, 0.5) is 5.69 Å². The van der Waals surface area contributed by atoms with E-state index in [1.807, 2.05) is 37.3 Å². The zero-order valence-electron chi connectivity index (χ0n) is 15.4. The topological polar surface area (TPSA) is 35.9 Å². The van der Waals surface area contributed by atoms with Crippen molar-refractivity contribution in [2.75, 3.05) is 18.0 Å². The molecule has 4 rings (SSSR count). The third-order valence-electron chi connectivity index (χ3n) is 4.54. The van der Waals surface area contributed by atoms with Crippen LogP contribution in [0.25, 0.3) is 0 Å². The van der Waals surface area contributed by atoms with E-state index in [0.29, 0.717) is 13.1 Å². The summed E-state index contributed by atoms with van der Waals surface area (Å²) < 4.78 is 0. The molecule has 1 fully saturated rings. The number of nitrogens with zero attached hydrogens (tertiary/aromatic N) is 3. The molecule has 2 aromatic rings. The lowest BCUT2D eigenvalue weighted by Gasteiger charge is -2.19. The lowest BCUT2D eigenvalue weighted by molar-refractivity contribution is -0.122. The maximum Gasteiger partial charge on any atom is 0.269 e. The van der Waals surface area contributed by atoms with Crippen molar-refractivity contribution >= 4 is 40.3 Å². The molecule has 1 amide bonds. The van der Waals surface area contributed by atoms with Gasteiger partial charge in [0.25, 0.3) is 5.91 Å². The lowest BCUT2D eigenvalue weighted by Crippen LogP contribution is -2.29. The Bertz CT molecular complexity index is 924. The van der Waals surface area contributed by atoms with E-state index in [1.165, 1.54) is 22.3 Å². The Kier molecular flexibility index (Phi) is 5.27. The molecule has 6 heteroatoms. The van der Waals surface area contributed by atoms with Crippen molar-refractivity contribution in [3.8, 4) is 0 Å². The van der Waals surface area contributed by atoms with E-state index >= 15 is 0 Å². The fourth-order valence-corrected chi connectivity index (χ4v) is 5.63. The van der Waals surface area contributed by atoms with E-state index in [4.69, 9.17) is 4.99 Å². The molecule has 0 atom stereocenters. The molecule has 0 unspecified atom stereocenters. The fraction of sp³-hybridized carbons (Fsp3) is 0.238. The number of thioether (sulfide) groups is 2. The van der Waals surface area contributed by atoms with Gasteiger partial charge in [-0.2, -0.15) is 0 Å². The summed E-state index contributed by atoms with van der Waals surface area (Å²) in [4.78, 5) is 23.8. The number of hydrogen-bond acceptors (Lipinski definition) is 5. The molecule has 0 N–H and O–H groups in total. The highest BCUT2D eigenvalue weighted by molar-refractivity contribution is 8.19. The van der Waals surface area contributed by atoms with Crippen LogP contribution in [0.2, 0.25) is 0 Å². The van der Waals surface area contributed by atoms with Crippen LogP contribution < -0.4 is 4.90 Å². The zero-order valence-corrected chi connectivity index (χ0v) is 17.0. The number of benzene rings is 2. The summed E-state index contributed by atoms with van der Waals surface area (Å²) >= 11 is 3.18. The standard InChI is InChI=1S/C21H21N3OS2/c1-3-23-16-12-8-9-13-17(16)26-20(23)18-19(25)24(4-2)21(27-18)22-14-15-10-6-5-7-11-15/h5-13H,3-4,14H2,1-2H3. The molecule has 2 aromatic carbocycles. The van der Waals surface area contributed by atoms with Crippen LogP contribution in [0.3, 0.4) is 0 Å². The second kappa shape index (κ2) is 7.82. The molecule has 0 aromatic heterocycles. The van der Waals surface area contributed by atoms with E-state index in [9.17, 15) is 4.79 Å². The van der Waals surface area contributed by atoms with Gasteiger partial charge in [-0.3, -0.25) is 14.7 Å². The van der Waals surface area contributed by atoms with Crippen molar-refractivity contribution in [2.45, 2.75) is 25.3 Å². The molecule has 2 aliphatic rings. The second-order valence-corrected chi connectivity index (χ2v) is 8.19. The van der Waals surface area contributed by atoms with Gasteiger partial charge in [0.1, 0.15) is 9.93 Å². The number of carbonyl (C=O) groups excluding carboxylic acids is 1. The highest BCUT2D eigenvalue weighted by Gasteiger charge is 2.38. The molecule has 0 spiro atoms. The summed E-state index contributed by atoms with van der Waals surface area (Å²) in [5.74, 6) is 0.0584. The molecule has 4 nitrogen and oxygen atoms in total. The smallest absolute Gasteiger partial charge is 0.269 e. The third-order valence-corrected chi connectivity index (χ3v) is 6.95. The molecule has 2 aliphatic heterocycles. The van der Waals surface area contributed by atoms with E-state index in [1.54, 1.807) is 16.7 Å². The van der Waals surface area contributed by atoms with Crippen LogP contribution in [0.1, 0.15) is 19.4 Å². The van der Waals surface area contributed by atoms with Gasteiger partial charge < -0.3 is 4.90 Å². The normalized spacial score (nSPS) is 20.7.